The van der Waals surface area contributed by atoms with E-state index in [2.05, 4.69) is 20.2 Å². The molecule has 0 saturated heterocycles. The summed E-state index contributed by atoms with van der Waals surface area (Å²) < 4.78 is 0. The fourth-order valence-electron chi connectivity index (χ4n) is 2.78. The molecule has 1 amide bonds. The van der Waals surface area contributed by atoms with E-state index in [1.165, 1.54) is 11.8 Å². The summed E-state index contributed by atoms with van der Waals surface area (Å²) in [6.07, 6.45) is 0. The van der Waals surface area contributed by atoms with Crippen LogP contribution in [0.4, 0.5) is 0 Å². The molecule has 0 radical (unpaired) electrons. The molecule has 0 spiro atoms. The van der Waals surface area contributed by atoms with Gasteiger partial charge in [-0.3, -0.25) is 4.79 Å². The van der Waals surface area contributed by atoms with Gasteiger partial charge in [-0.05, 0) is 11.6 Å². The number of likely N-dealkylation sites (N-methyl/N-ethyl adjacent to an activating group) is 1. The van der Waals surface area contributed by atoms with Gasteiger partial charge in [-0.25, -0.2) is 4.98 Å². The van der Waals surface area contributed by atoms with Crippen LogP contribution in [-0.4, -0.2) is 45.1 Å². The van der Waals surface area contributed by atoms with E-state index >= 15 is 0 Å². The number of thioether (sulfide) groups is 1. The van der Waals surface area contributed by atoms with Crippen LogP contribution < -0.4 is 0 Å². The van der Waals surface area contributed by atoms with Crippen LogP contribution in [0.1, 0.15) is 10.8 Å². The van der Waals surface area contributed by atoms with Crippen molar-refractivity contribution in [3.05, 3.63) is 60.2 Å². The fraction of sp³-hybridized carbons (Fsp3) is 0.158. The number of carbonyl (C=O) groups excluding carboxylic acids is 1. The molecule has 4 rings (SSSR count). The minimum Gasteiger partial charge on any atom is -0.348 e. The summed E-state index contributed by atoms with van der Waals surface area (Å²) >= 11 is 1.31. The number of amides is 1. The van der Waals surface area contributed by atoms with E-state index in [-0.39, 0.29) is 5.91 Å². The zero-order valence-electron chi connectivity index (χ0n) is 14.4. The smallest absolute Gasteiger partial charge is 0.240 e. The maximum absolute atomic E-state index is 12.7. The summed E-state index contributed by atoms with van der Waals surface area (Å²) in [5.74, 6) is -0.0125. The van der Waals surface area contributed by atoms with Crippen molar-refractivity contribution in [1.82, 2.24) is 25.1 Å². The normalized spacial score (nSPS) is 12.4. The maximum atomic E-state index is 12.7. The van der Waals surface area contributed by atoms with Gasteiger partial charge in [-0.15, -0.1) is 10.2 Å². The molecule has 0 aliphatic heterocycles. The lowest BCUT2D eigenvalue weighted by Gasteiger charge is -2.19. The Labute approximate surface area is 154 Å². The third-order valence-electron chi connectivity index (χ3n) is 4.09. The number of benzene rings is 2. The van der Waals surface area contributed by atoms with Gasteiger partial charge in [0.25, 0.3) is 0 Å². The van der Waals surface area contributed by atoms with E-state index < -0.39 is 5.25 Å². The molecule has 0 aliphatic carbocycles. The first-order valence-corrected chi connectivity index (χ1v) is 9.05. The van der Waals surface area contributed by atoms with Crippen LogP contribution in [0.15, 0.2) is 59.8 Å². The average Bonchev–Trinajstić information content (AvgIpc) is 3.04. The molecule has 1 N–H and O–H groups in total. The Hall–Kier alpha value is -2.93. The highest BCUT2D eigenvalue weighted by atomic mass is 32.2. The highest BCUT2D eigenvalue weighted by Gasteiger charge is 2.25. The SMILES string of the molecule is CN(C)C(=O)[C@@H](Sc1nnc2c(n1)[nH]c1ccccc12)c1ccccc1. The maximum Gasteiger partial charge on any atom is 0.240 e. The first kappa shape index (κ1) is 16.5. The number of hydrogen-bond acceptors (Lipinski definition) is 5. The van der Waals surface area contributed by atoms with Crippen molar-refractivity contribution in [3.63, 3.8) is 0 Å². The molecule has 0 saturated carbocycles. The molecule has 7 heteroatoms. The third-order valence-corrected chi connectivity index (χ3v) is 5.19. The molecule has 4 aromatic rings. The number of carbonyl (C=O) groups is 1. The van der Waals surface area contributed by atoms with Gasteiger partial charge >= 0.3 is 0 Å². The van der Waals surface area contributed by atoms with Crippen LogP contribution in [0.5, 0.6) is 0 Å². The van der Waals surface area contributed by atoms with Crippen LogP contribution >= 0.6 is 11.8 Å². The lowest BCUT2D eigenvalue weighted by atomic mass is 10.1. The molecule has 0 bridgehead atoms. The number of nitrogens with one attached hydrogen (secondary N) is 1. The molecule has 1 atom stereocenters. The van der Waals surface area contributed by atoms with Crippen LogP contribution in [-0.2, 0) is 4.79 Å². The molecule has 0 unspecified atom stereocenters. The predicted molar refractivity (Wildman–Crippen MR) is 103 cm³/mol. The number of aromatic amines is 1. The molecular formula is C19H17N5OS. The number of hydrogen-bond donors (Lipinski definition) is 1. The van der Waals surface area contributed by atoms with Gasteiger partial charge in [-0.1, -0.05) is 60.3 Å². The summed E-state index contributed by atoms with van der Waals surface area (Å²) in [6, 6.07) is 17.5. The average molecular weight is 363 g/mol. The minimum atomic E-state index is -0.421. The fourth-order valence-corrected chi connectivity index (χ4v) is 3.83. The Balaban J connectivity index is 1.73. The molecule has 0 fully saturated rings. The van der Waals surface area contributed by atoms with Crippen molar-refractivity contribution < 1.29 is 4.79 Å². The molecule has 2 aromatic heterocycles. The first-order chi connectivity index (χ1) is 12.6. The lowest BCUT2D eigenvalue weighted by Crippen LogP contribution is -2.26. The molecule has 130 valence electrons. The zero-order chi connectivity index (χ0) is 18.1. The van der Waals surface area contributed by atoms with Gasteiger partial charge in [0.2, 0.25) is 11.1 Å². The van der Waals surface area contributed by atoms with Crippen LogP contribution in [0.2, 0.25) is 0 Å². The number of aromatic nitrogens is 4. The monoisotopic (exact) mass is 363 g/mol. The third kappa shape index (κ3) is 3.01. The minimum absolute atomic E-state index is 0.0125. The number of rotatable bonds is 4. The van der Waals surface area contributed by atoms with Crippen LogP contribution in [0, 0.1) is 0 Å². The van der Waals surface area contributed by atoms with Crippen molar-refractivity contribution in [2.45, 2.75) is 10.4 Å². The summed E-state index contributed by atoms with van der Waals surface area (Å²) in [4.78, 5) is 22.1. The Morgan fingerprint density at radius 3 is 2.54 bits per heavy atom. The van der Waals surface area contributed by atoms with E-state index in [0.717, 1.165) is 22.0 Å². The second-order valence-corrected chi connectivity index (χ2v) is 7.18. The van der Waals surface area contributed by atoms with E-state index in [1.54, 1.807) is 19.0 Å². The quantitative estimate of drug-likeness (QED) is 0.562. The Morgan fingerprint density at radius 2 is 1.77 bits per heavy atom. The Bertz CT molecular complexity index is 1080. The highest BCUT2D eigenvalue weighted by Crippen LogP contribution is 2.35. The van der Waals surface area contributed by atoms with E-state index in [9.17, 15) is 4.79 Å². The summed E-state index contributed by atoms with van der Waals surface area (Å²) in [6.45, 7) is 0. The van der Waals surface area contributed by atoms with E-state index in [1.807, 2.05) is 54.6 Å². The Kier molecular flexibility index (Phi) is 4.30. The predicted octanol–water partition coefficient (Wildman–Crippen LogP) is 3.43. The van der Waals surface area contributed by atoms with E-state index in [0.29, 0.717) is 10.8 Å². The Morgan fingerprint density at radius 1 is 1.04 bits per heavy atom. The van der Waals surface area contributed by atoms with Gasteiger partial charge in [0.05, 0.1) is 0 Å². The number of H-pyrrole nitrogens is 1. The summed E-state index contributed by atoms with van der Waals surface area (Å²) in [5.41, 5.74) is 3.29. The largest absolute Gasteiger partial charge is 0.348 e. The van der Waals surface area contributed by atoms with Crippen molar-refractivity contribution in [2.75, 3.05) is 14.1 Å². The van der Waals surface area contributed by atoms with Crippen LogP contribution in [0.3, 0.4) is 0 Å². The number of para-hydroxylation sites is 1. The molecule has 2 aromatic carbocycles. The summed E-state index contributed by atoms with van der Waals surface area (Å²) in [7, 11) is 3.50. The number of fused-ring (bicyclic) bond motifs is 3. The highest BCUT2D eigenvalue weighted by molar-refractivity contribution is 8.00. The molecular weight excluding hydrogens is 346 g/mol. The standard InChI is InChI=1S/C19H17N5OS/c1-24(2)18(25)16(12-8-4-3-5-9-12)26-19-21-17-15(22-23-19)13-10-6-7-11-14(13)20-17/h3-11,16H,1-2H3,(H,20,21,23)/t16-/m0/s1. The second-order valence-electron chi connectivity index (χ2n) is 6.10. The van der Waals surface area contributed by atoms with Crippen molar-refractivity contribution in [3.8, 4) is 0 Å². The van der Waals surface area contributed by atoms with Crippen molar-refractivity contribution in [1.29, 1.82) is 0 Å². The molecule has 2 heterocycles. The lowest BCUT2D eigenvalue weighted by molar-refractivity contribution is -0.128. The van der Waals surface area contributed by atoms with Crippen molar-refractivity contribution >= 4 is 39.7 Å². The van der Waals surface area contributed by atoms with Crippen molar-refractivity contribution in [2.24, 2.45) is 0 Å². The first-order valence-electron chi connectivity index (χ1n) is 8.17. The number of nitrogens with zero attached hydrogens (tertiary/aromatic N) is 4. The van der Waals surface area contributed by atoms with Gasteiger partial charge in [0.1, 0.15) is 10.8 Å². The van der Waals surface area contributed by atoms with Gasteiger partial charge in [0, 0.05) is 25.0 Å². The van der Waals surface area contributed by atoms with E-state index in [4.69, 9.17) is 0 Å². The molecule has 26 heavy (non-hydrogen) atoms. The topological polar surface area (TPSA) is 74.8 Å². The van der Waals surface area contributed by atoms with Crippen LogP contribution in [0.25, 0.3) is 22.1 Å². The molecule has 6 nitrogen and oxygen atoms in total. The van der Waals surface area contributed by atoms with Gasteiger partial charge in [-0.2, -0.15) is 0 Å². The second kappa shape index (κ2) is 6.76. The summed E-state index contributed by atoms with van der Waals surface area (Å²) in [5, 5.41) is 9.61. The zero-order valence-corrected chi connectivity index (χ0v) is 15.2. The van der Waals surface area contributed by atoms with Gasteiger partial charge in [0.15, 0.2) is 5.65 Å². The molecule has 0 aliphatic rings. The van der Waals surface area contributed by atoms with Gasteiger partial charge < -0.3 is 9.88 Å².